The van der Waals surface area contributed by atoms with Crippen molar-refractivity contribution in [1.82, 2.24) is 4.90 Å². The summed E-state index contributed by atoms with van der Waals surface area (Å²) < 4.78 is 4.89. The lowest BCUT2D eigenvalue weighted by Crippen LogP contribution is -2.41. The molecule has 0 spiro atoms. The molecule has 0 radical (unpaired) electrons. The SMILES string of the molecule is COC(=O)C(c1ccccc1)N(CCC(C)(C)C)C(=O)CC#N. The summed E-state index contributed by atoms with van der Waals surface area (Å²) in [5.74, 6) is -0.868. The summed E-state index contributed by atoms with van der Waals surface area (Å²) in [6.07, 6.45) is 0.453. The molecule has 1 amide bonds. The lowest BCUT2D eigenvalue weighted by atomic mass is 9.91. The van der Waals surface area contributed by atoms with Crippen LogP contribution in [0.15, 0.2) is 30.3 Å². The van der Waals surface area contributed by atoms with Crippen LogP contribution >= 0.6 is 0 Å². The van der Waals surface area contributed by atoms with Crippen molar-refractivity contribution in [2.75, 3.05) is 13.7 Å². The van der Waals surface area contributed by atoms with E-state index in [0.717, 1.165) is 0 Å². The molecule has 0 N–H and O–H groups in total. The van der Waals surface area contributed by atoms with Crippen molar-refractivity contribution in [3.63, 3.8) is 0 Å². The molecule has 0 saturated heterocycles. The highest BCUT2D eigenvalue weighted by molar-refractivity contribution is 5.86. The van der Waals surface area contributed by atoms with Gasteiger partial charge in [-0.2, -0.15) is 5.26 Å². The summed E-state index contributed by atoms with van der Waals surface area (Å²) in [7, 11) is 1.30. The first-order chi connectivity index (χ1) is 10.8. The average Bonchev–Trinajstić information content (AvgIpc) is 2.50. The number of amides is 1. The van der Waals surface area contributed by atoms with E-state index in [1.165, 1.54) is 12.0 Å². The van der Waals surface area contributed by atoms with Gasteiger partial charge in [0.05, 0.1) is 13.2 Å². The highest BCUT2D eigenvalue weighted by Gasteiger charge is 2.32. The number of hydrogen-bond donors (Lipinski definition) is 0. The van der Waals surface area contributed by atoms with Crippen molar-refractivity contribution in [3.8, 4) is 6.07 Å². The van der Waals surface area contributed by atoms with Crippen LogP contribution in [0.4, 0.5) is 0 Å². The van der Waals surface area contributed by atoms with E-state index in [1.807, 2.05) is 24.3 Å². The standard InChI is InChI=1S/C18H24N2O3/c1-18(2,3)11-13-20(15(21)10-12-19)16(17(22)23-4)14-8-6-5-7-9-14/h5-9,16H,10-11,13H2,1-4H3. The van der Waals surface area contributed by atoms with Gasteiger partial charge in [-0.25, -0.2) is 4.79 Å². The van der Waals surface area contributed by atoms with Crippen LogP contribution < -0.4 is 0 Å². The van der Waals surface area contributed by atoms with E-state index in [4.69, 9.17) is 10.00 Å². The van der Waals surface area contributed by atoms with E-state index in [2.05, 4.69) is 20.8 Å². The summed E-state index contributed by atoms with van der Waals surface area (Å²) in [5.41, 5.74) is 0.683. The van der Waals surface area contributed by atoms with Gasteiger partial charge in [0, 0.05) is 6.54 Å². The Morgan fingerprint density at radius 3 is 2.35 bits per heavy atom. The zero-order valence-corrected chi connectivity index (χ0v) is 14.2. The molecule has 5 heteroatoms. The molecular formula is C18H24N2O3. The average molecular weight is 316 g/mol. The van der Waals surface area contributed by atoms with Crippen LogP contribution in [-0.4, -0.2) is 30.4 Å². The molecule has 1 unspecified atom stereocenters. The third kappa shape index (κ3) is 5.74. The first kappa shape index (κ1) is 18.7. The number of carbonyl (C=O) groups is 2. The number of benzene rings is 1. The Hall–Kier alpha value is -2.35. The third-order valence-corrected chi connectivity index (χ3v) is 3.50. The number of ether oxygens (including phenoxy) is 1. The minimum Gasteiger partial charge on any atom is -0.467 e. The first-order valence-electron chi connectivity index (χ1n) is 7.59. The van der Waals surface area contributed by atoms with E-state index < -0.39 is 12.0 Å². The van der Waals surface area contributed by atoms with Gasteiger partial charge < -0.3 is 9.64 Å². The highest BCUT2D eigenvalue weighted by atomic mass is 16.5. The summed E-state index contributed by atoms with van der Waals surface area (Å²) in [4.78, 5) is 26.1. The topological polar surface area (TPSA) is 70.4 Å². The molecule has 23 heavy (non-hydrogen) atoms. The Bertz CT molecular complexity index is 570. The predicted molar refractivity (Wildman–Crippen MR) is 87.2 cm³/mol. The van der Waals surface area contributed by atoms with E-state index in [-0.39, 0.29) is 17.7 Å². The molecule has 0 aliphatic heterocycles. The van der Waals surface area contributed by atoms with E-state index in [0.29, 0.717) is 18.5 Å². The summed E-state index contributed by atoms with van der Waals surface area (Å²) in [5, 5.41) is 8.85. The number of hydrogen-bond acceptors (Lipinski definition) is 4. The van der Waals surface area contributed by atoms with Gasteiger partial charge in [0.15, 0.2) is 6.04 Å². The molecule has 0 saturated carbocycles. The lowest BCUT2D eigenvalue weighted by molar-refractivity contribution is -0.153. The maximum atomic E-state index is 12.4. The van der Waals surface area contributed by atoms with Gasteiger partial charge in [0.2, 0.25) is 5.91 Å². The molecule has 0 aliphatic rings. The number of carbonyl (C=O) groups excluding carboxylic acids is 2. The first-order valence-corrected chi connectivity index (χ1v) is 7.59. The number of rotatable bonds is 6. The molecular weight excluding hydrogens is 292 g/mol. The highest BCUT2D eigenvalue weighted by Crippen LogP contribution is 2.26. The van der Waals surface area contributed by atoms with E-state index >= 15 is 0 Å². The van der Waals surface area contributed by atoms with Gasteiger partial charge in [-0.05, 0) is 17.4 Å². The van der Waals surface area contributed by atoms with E-state index in [9.17, 15) is 9.59 Å². The second-order valence-corrected chi connectivity index (χ2v) is 6.57. The maximum absolute atomic E-state index is 12.4. The molecule has 1 aromatic carbocycles. The molecule has 0 heterocycles. The molecule has 0 fully saturated rings. The normalized spacial score (nSPS) is 12.1. The van der Waals surface area contributed by atoms with E-state index in [1.54, 1.807) is 12.1 Å². The van der Waals surface area contributed by atoms with Gasteiger partial charge in [0.1, 0.15) is 6.42 Å². The molecule has 5 nitrogen and oxygen atoms in total. The lowest BCUT2D eigenvalue weighted by Gasteiger charge is -2.32. The number of methoxy groups -OCH3 is 1. The Kier molecular flexibility index (Phi) is 6.77. The Morgan fingerprint density at radius 1 is 1.26 bits per heavy atom. The van der Waals surface area contributed by atoms with Gasteiger partial charge in [-0.1, -0.05) is 51.1 Å². The van der Waals surface area contributed by atoms with Gasteiger partial charge in [0.25, 0.3) is 0 Å². The van der Waals surface area contributed by atoms with Crippen LogP contribution in [0, 0.1) is 16.7 Å². The Labute approximate surface area is 137 Å². The van der Waals surface area contributed by atoms with Crippen molar-refractivity contribution >= 4 is 11.9 Å². The zero-order valence-electron chi connectivity index (χ0n) is 14.2. The molecule has 1 aromatic rings. The van der Waals surface area contributed by atoms with Crippen LogP contribution in [-0.2, 0) is 14.3 Å². The predicted octanol–water partition coefficient (Wildman–Crippen LogP) is 3.08. The van der Waals surface area contributed by atoms with Crippen molar-refractivity contribution in [2.24, 2.45) is 5.41 Å². The number of nitriles is 1. The number of nitrogens with zero attached hydrogens (tertiary/aromatic N) is 2. The van der Waals surface area contributed by atoms with Crippen LogP contribution in [0.5, 0.6) is 0 Å². The molecule has 0 aliphatic carbocycles. The monoisotopic (exact) mass is 316 g/mol. The van der Waals surface area contributed by atoms with Crippen LogP contribution in [0.1, 0.15) is 45.2 Å². The summed E-state index contributed by atoms with van der Waals surface area (Å²) in [6, 6.07) is 10.1. The van der Waals surface area contributed by atoms with Gasteiger partial charge in [-0.15, -0.1) is 0 Å². The quantitative estimate of drug-likeness (QED) is 0.756. The molecule has 124 valence electrons. The summed E-state index contributed by atoms with van der Waals surface area (Å²) in [6.45, 7) is 6.58. The fourth-order valence-corrected chi connectivity index (χ4v) is 2.21. The van der Waals surface area contributed by atoms with Crippen molar-refractivity contribution < 1.29 is 14.3 Å². The smallest absolute Gasteiger partial charge is 0.333 e. The fraction of sp³-hybridized carbons (Fsp3) is 0.500. The van der Waals surface area contributed by atoms with Gasteiger partial charge >= 0.3 is 5.97 Å². The van der Waals surface area contributed by atoms with Crippen LogP contribution in [0.25, 0.3) is 0 Å². The van der Waals surface area contributed by atoms with Crippen molar-refractivity contribution in [2.45, 2.75) is 39.7 Å². The second-order valence-electron chi connectivity index (χ2n) is 6.57. The van der Waals surface area contributed by atoms with Crippen molar-refractivity contribution in [3.05, 3.63) is 35.9 Å². The third-order valence-electron chi connectivity index (χ3n) is 3.50. The second kappa shape index (κ2) is 8.33. The fourth-order valence-electron chi connectivity index (χ4n) is 2.21. The molecule has 1 atom stereocenters. The van der Waals surface area contributed by atoms with Gasteiger partial charge in [-0.3, -0.25) is 4.79 Å². The zero-order chi connectivity index (χ0) is 17.5. The largest absolute Gasteiger partial charge is 0.467 e. The molecule has 0 bridgehead atoms. The minimum atomic E-state index is -0.829. The molecule has 1 rings (SSSR count). The van der Waals surface area contributed by atoms with Crippen molar-refractivity contribution in [1.29, 1.82) is 5.26 Å². The Morgan fingerprint density at radius 2 is 1.87 bits per heavy atom. The van der Waals surface area contributed by atoms with Crippen LogP contribution in [0.3, 0.4) is 0 Å². The minimum absolute atomic E-state index is 0.00251. The molecule has 0 aromatic heterocycles. The Balaban J connectivity index is 3.18. The maximum Gasteiger partial charge on any atom is 0.333 e. The number of esters is 1. The van der Waals surface area contributed by atoms with Crippen LogP contribution in [0.2, 0.25) is 0 Å². The summed E-state index contributed by atoms with van der Waals surface area (Å²) >= 11 is 0.